The van der Waals surface area contributed by atoms with Crippen molar-refractivity contribution in [1.29, 1.82) is 0 Å². The van der Waals surface area contributed by atoms with E-state index in [2.05, 4.69) is 11.8 Å². The summed E-state index contributed by atoms with van der Waals surface area (Å²) < 4.78 is 5.07. The van der Waals surface area contributed by atoms with Gasteiger partial charge in [-0.25, -0.2) is 0 Å². The normalized spacial score (nSPS) is 26.6. The minimum absolute atomic E-state index is 0.0503. The molecule has 3 N–H and O–H groups in total. The predicted octanol–water partition coefficient (Wildman–Crippen LogP) is 0.443. The molecule has 3 atom stereocenters. The maximum atomic E-state index is 9.46. The Morgan fingerprint density at radius 2 is 2.31 bits per heavy atom. The molecule has 4 heteroatoms. The Hall–Kier alpha value is -0.160. The van der Waals surface area contributed by atoms with E-state index in [0.717, 1.165) is 19.0 Å². The first kappa shape index (κ1) is 13.9. The second kappa shape index (κ2) is 7.22. The third kappa shape index (κ3) is 3.70. The highest BCUT2D eigenvalue weighted by Crippen LogP contribution is 2.21. The quantitative estimate of drug-likeness (QED) is 0.695. The van der Waals surface area contributed by atoms with Crippen LogP contribution in [0.2, 0.25) is 0 Å². The van der Waals surface area contributed by atoms with Gasteiger partial charge in [0, 0.05) is 19.7 Å². The van der Waals surface area contributed by atoms with Crippen molar-refractivity contribution in [2.45, 2.75) is 38.3 Å². The number of piperidine rings is 1. The van der Waals surface area contributed by atoms with Crippen LogP contribution in [0.15, 0.2) is 0 Å². The van der Waals surface area contributed by atoms with Gasteiger partial charge >= 0.3 is 0 Å². The van der Waals surface area contributed by atoms with Crippen LogP contribution in [0, 0.1) is 5.92 Å². The van der Waals surface area contributed by atoms with Crippen molar-refractivity contribution in [1.82, 2.24) is 4.90 Å². The van der Waals surface area contributed by atoms with Crippen molar-refractivity contribution in [3.8, 4) is 0 Å². The van der Waals surface area contributed by atoms with Crippen molar-refractivity contribution < 1.29 is 9.84 Å². The zero-order valence-electron chi connectivity index (χ0n) is 10.6. The smallest absolute Gasteiger partial charge is 0.0629 e. The lowest BCUT2D eigenvalue weighted by atomic mass is 9.93. The van der Waals surface area contributed by atoms with Gasteiger partial charge in [0.25, 0.3) is 0 Å². The Morgan fingerprint density at radius 1 is 1.56 bits per heavy atom. The van der Waals surface area contributed by atoms with Crippen LogP contribution in [-0.4, -0.2) is 55.5 Å². The average Bonchev–Trinajstić information content (AvgIpc) is 2.31. The minimum Gasteiger partial charge on any atom is -0.395 e. The molecule has 0 amide bonds. The van der Waals surface area contributed by atoms with Gasteiger partial charge in [-0.2, -0.15) is 0 Å². The molecule has 0 aromatic carbocycles. The monoisotopic (exact) mass is 230 g/mol. The molecule has 0 aromatic heterocycles. The van der Waals surface area contributed by atoms with Gasteiger partial charge in [-0.1, -0.05) is 13.3 Å². The molecule has 0 radical (unpaired) electrons. The molecular weight excluding hydrogens is 204 g/mol. The van der Waals surface area contributed by atoms with E-state index < -0.39 is 0 Å². The number of ether oxygens (including phenoxy) is 1. The largest absolute Gasteiger partial charge is 0.395 e. The number of rotatable bonds is 6. The first-order valence-electron chi connectivity index (χ1n) is 6.32. The highest BCUT2D eigenvalue weighted by atomic mass is 16.5. The fourth-order valence-corrected chi connectivity index (χ4v) is 2.56. The van der Waals surface area contributed by atoms with Gasteiger partial charge in [0.1, 0.15) is 0 Å². The van der Waals surface area contributed by atoms with Crippen molar-refractivity contribution >= 4 is 0 Å². The fraction of sp³-hybridized carbons (Fsp3) is 1.00. The summed E-state index contributed by atoms with van der Waals surface area (Å²) in [6.07, 6.45) is 3.74. The summed E-state index contributed by atoms with van der Waals surface area (Å²) in [5.74, 6) is 0.762. The van der Waals surface area contributed by atoms with Crippen molar-refractivity contribution in [2.75, 3.05) is 33.4 Å². The molecule has 1 heterocycles. The Morgan fingerprint density at radius 3 is 2.88 bits per heavy atom. The van der Waals surface area contributed by atoms with Crippen molar-refractivity contribution in [3.05, 3.63) is 0 Å². The lowest BCUT2D eigenvalue weighted by Crippen LogP contribution is -2.54. The second-order valence-electron chi connectivity index (χ2n) is 4.78. The van der Waals surface area contributed by atoms with E-state index in [1.807, 2.05) is 0 Å². The van der Waals surface area contributed by atoms with Crippen LogP contribution in [0.4, 0.5) is 0 Å². The minimum atomic E-state index is -0.0920. The van der Waals surface area contributed by atoms with Gasteiger partial charge in [0.05, 0.1) is 19.3 Å². The molecule has 0 spiro atoms. The van der Waals surface area contributed by atoms with Crippen molar-refractivity contribution in [3.63, 3.8) is 0 Å². The van der Waals surface area contributed by atoms with Crippen LogP contribution in [-0.2, 0) is 4.74 Å². The topological polar surface area (TPSA) is 58.7 Å². The molecule has 1 saturated heterocycles. The Labute approximate surface area is 98.8 Å². The average molecular weight is 230 g/mol. The molecule has 1 aliphatic heterocycles. The van der Waals surface area contributed by atoms with Gasteiger partial charge in [-0.3, -0.25) is 4.90 Å². The van der Waals surface area contributed by atoms with Gasteiger partial charge < -0.3 is 15.6 Å². The highest BCUT2D eigenvalue weighted by molar-refractivity contribution is 4.85. The third-order valence-electron chi connectivity index (χ3n) is 3.64. The van der Waals surface area contributed by atoms with Crippen LogP contribution < -0.4 is 5.73 Å². The van der Waals surface area contributed by atoms with Crippen molar-refractivity contribution in [2.24, 2.45) is 11.7 Å². The maximum absolute atomic E-state index is 9.46. The van der Waals surface area contributed by atoms with E-state index in [4.69, 9.17) is 10.5 Å². The zero-order chi connectivity index (χ0) is 12.0. The van der Waals surface area contributed by atoms with Crippen LogP contribution in [0.1, 0.15) is 26.2 Å². The summed E-state index contributed by atoms with van der Waals surface area (Å²) in [6, 6.07) is -0.0418. The molecule has 3 unspecified atom stereocenters. The molecule has 0 aliphatic carbocycles. The van der Waals surface area contributed by atoms with Gasteiger partial charge in [0.2, 0.25) is 0 Å². The number of aliphatic hydroxyl groups excluding tert-OH is 1. The molecule has 1 rings (SSSR count). The number of likely N-dealkylation sites (tertiary alicyclic amines) is 1. The molecule has 0 aromatic rings. The molecule has 96 valence electrons. The van der Waals surface area contributed by atoms with E-state index in [9.17, 15) is 5.11 Å². The Bertz CT molecular complexity index is 190. The summed E-state index contributed by atoms with van der Waals surface area (Å²) in [7, 11) is 1.65. The van der Waals surface area contributed by atoms with Gasteiger partial charge in [0.15, 0.2) is 0 Å². The molecule has 1 aliphatic rings. The summed E-state index contributed by atoms with van der Waals surface area (Å²) in [5.41, 5.74) is 6.03. The standard InChI is InChI=1S/C12H26N2O2/c1-3-10-5-4-6-14(7-10)12(8-15)11(13)9-16-2/h10-12,15H,3-9,13H2,1-2H3. The summed E-state index contributed by atoms with van der Waals surface area (Å²) >= 11 is 0. The van der Waals surface area contributed by atoms with E-state index in [1.165, 1.54) is 19.3 Å². The lowest BCUT2D eigenvalue weighted by Gasteiger charge is -2.39. The number of hydrogen-bond acceptors (Lipinski definition) is 4. The van der Waals surface area contributed by atoms with E-state index in [1.54, 1.807) is 7.11 Å². The number of hydrogen-bond donors (Lipinski definition) is 2. The molecule has 0 saturated carbocycles. The number of aliphatic hydroxyl groups is 1. The molecular formula is C12H26N2O2. The van der Waals surface area contributed by atoms with Gasteiger partial charge in [-0.15, -0.1) is 0 Å². The molecule has 4 nitrogen and oxygen atoms in total. The van der Waals surface area contributed by atoms with E-state index in [0.29, 0.717) is 6.61 Å². The number of nitrogens with zero attached hydrogens (tertiary/aromatic N) is 1. The molecule has 16 heavy (non-hydrogen) atoms. The lowest BCUT2D eigenvalue weighted by molar-refractivity contribution is 0.0429. The van der Waals surface area contributed by atoms with E-state index in [-0.39, 0.29) is 18.7 Å². The molecule has 1 fully saturated rings. The highest BCUT2D eigenvalue weighted by Gasteiger charge is 2.28. The van der Waals surface area contributed by atoms with Gasteiger partial charge in [-0.05, 0) is 25.3 Å². The summed E-state index contributed by atoms with van der Waals surface area (Å²) in [6.45, 7) is 5.00. The third-order valence-corrected chi connectivity index (χ3v) is 3.64. The fourth-order valence-electron chi connectivity index (χ4n) is 2.56. The summed E-state index contributed by atoms with van der Waals surface area (Å²) in [4.78, 5) is 2.33. The predicted molar refractivity (Wildman–Crippen MR) is 65.3 cm³/mol. The van der Waals surface area contributed by atoms with Crippen LogP contribution in [0.3, 0.4) is 0 Å². The zero-order valence-corrected chi connectivity index (χ0v) is 10.6. The number of nitrogens with two attached hydrogens (primary N) is 1. The Kier molecular flexibility index (Phi) is 6.28. The first-order valence-corrected chi connectivity index (χ1v) is 6.32. The van der Waals surface area contributed by atoms with E-state index >= 15 is 0 Å². The first-order chi connectivity index (χ1) is 7.72. The van der Waals surface area contributed by atoms with Crippen LogP contribution >= 0.6 is 0 Å². The molecule has 0 bridgehead atoms. The Balaban J connectivity index is 2.50. The SMILES string of the molecule is CCC1CCCN(C(CO)C(N)COC)C1. The maximum Gasteiger partial charge on any atom is 0.0629 e. The van der Waals surface area contributed by atoms with Crippen LogP contribution in [0.5, 0.6) is 0 Å². The van der Waals surface area contributed by atoms with Crippen LogP contribution in [0.25, 0.3) is 0 Å². The second-order valence-corrected chi connectivity index (χ2v) is 4.78. The number of methoxy groups -OCH3 is 1. The summed E-state index contributed by atoms with van der Waals surface area (Å²) in [5, 5.41) is 9.46.